The fraction of sp³-hybridized carbons (Fsp3) is 0.576. The Hall–Kier alpha value is -2.81. The number of halogens is 1. The van der Waals surface area contributed by atoms with E-state index in [0.29, 0.717) is 41.4 Å². The van der Waals surface area contributed by atoms with Gasteiger partial charge in [-0.3, -0.25) is 9.59 Å². The van der Waals surface area contributed by atoms with Gasteiger partial charge in [0.2, 0.25) is 17.6 Å². The van der Waals surface area contributed by atoms with E-state index < -0.39 is 40.8 Å². The lowest BCUT2D eigenvalue weighted by Gasteiger charge is -2.50. The van der Waals surface area contributed by atoms with Crippen LogP contribution in [0.15, 0.2) is 42.5 Å². The highest BCUT2D eigenvalue weighted by Crippen LogP contribution is 2.53. The van der Waals surface area contributed by atoms with Gasteiger partial charge in [0.25, 0.3) is 0 Å². The van der Waals surface area contributed by atoms with E-state index >= 15 is 0 Å². The quantitative estimate of drug-likeness (QED) is 0.182. The first kappa shape index (κ1) is 36.0. The number of fused-ring (bicyclic) bond motifs is 2. The Labute approximate surface area is 274 Å². The number of aliphatic hydroxyl groups excluding tert-OH is 3. The second-order valence-corrected chi connectivity index (χ2v) is 13.8. The molecule has 2 aliphatic rings. The standard InChI is InChI=1S/C33H46ClN3O9/c1-30(2,29(42)35-14-15-37(5)6)36-25(38)13-16-44-23-10-7-20(8-11-23)17-21-18-22(9-12-24(21)34)33-28(41)26(39)27(40)32(46-33,19-45-33)31(3,4)43/h7-12,18,26-28,39-41,43H,13-17,19H2,1-6H3,(H,35,42)(H,36,38)/t26-,27-,28+,32-,33-/m0/s1. The molecule has 2 bridgehead atoms. The van der Waals surface area contributed by atoms with Crippen molar-refractivity contribution in [1.82, 2.24) is 15.5 Å². The van der Waals surface area contributed by atoms with Crippen LogP contribution in [0.2, 0.25) is 5.02 Å². The molecular formula is C33H46ClN3O9. The van der Waals surface area contributed by atoms with Gasteiger partial charge in [0.1, 0.15) is 29.6 Å². The summed E-state index contributed by atoms with van der Waals surface area (Å²) in [7, 11) is 3.83. The van der Waals surface area contributed by atoms with Gasteiger partial charge in [0.05, 0.1) is 25.2 Å². The van der Waals surface area contributed by atoms with Crippen molar-refractivity contribution in [3.63, 3.8) is 0 Å². The molecule has 0 radical (unpaired) electrons. The summed E-state index contributed by atoms with van der Waals surface area (Å²) in [5.74, 6) is -1.84. The first-order valence-electron chi connectivity index (χ1n) is 15.3. The summed E-state index contributed by atoms with van der Waals surface area (Å²) in [5, 5.41) is 49.3. The third-order valence-electron chi connectivity index (χ3n) is 8.61. The van der Waals surface area contributed by atoms with Crippen molar-refractivity contribution in [2.75, 3.05) is 40.4 Å². The number of carbonyl (C=O) groups is 2. The molecule has 13 heteroatoms. The van der Waals surface area contributed by atoms with Crippen LogP contribution in [0, 0.1) is 0 Å². The number of likely N-dealkylation sites (N-methyl/N-ethyl adjacent to an activating group) is 1. The number of hydrogen-bond donors (Lipinski definition) is 6. The van der Waals surface area contributed by atoms with Crippen LogP contribution in [-0.4, -0.2) is 113 Å². The molecule has 46 heavy (non-hydrogen) atoms. The van der Waals surface area contributed by atoms with E-state index in [-0.39, 0.29) is 31.4 Å². The van der Waals surface area contributed by atoms with E-state index in [4.69, 9.17) is 25.8 Å². The minimum atomic E-state index is -1.83. The van der Waals surface area contributed by atoms with E-state index in [0.717, 1.165) is 5.56 Å². The van der Waals surface area contributed by atoms with E-state index in [1.165, 1.54) is 13.8 Å². The maximum Gasteiger partial charge on any atom is 0.245 e. The van der Waals surface area contributed by atoms with Crippen molar-refractivity contribution in [3.8, 4) is 5.75 Å². The van der Waals surface area contributed by atoms with Crippen LogP contribution in [0.1, 0.15) is 50.8 Å². The molecule has 2 amide bonds. The fourth-order valence-electron chi connectivity index (χ4n) is 5.68. The predicted octanol–water partition coefficient (Wildman–Crippen LogP) is 1.08. The molecule has 0 aromatic heterocycles. The van der Waals surface area contributed by atoms with Gasteiger partial charge >= 0.3 is 0 Å². The molecule has 0 spiro atoms. The molecule has 2 saturated heterocycles. The first-order valence-corrected chi connectivity index (χ1v) is 15.6. The second-order valence-electron chi connectivity index (χ2n) is 13.3. The largest absolute Gasteiger partial charge is 0.493 e. The maximum atomic E-state index is 12.5. The van der Waals surface area contributed by atoms with Gasteiger partial charge in [0, 0.05) is 23.7 Å². The Morgan fingerprint density at radius 2 is 1.74 bits per heavy atom. The van der Waals surface area contributed by atoms with Crippen LogP contribution in [0.4, 0.5) is 0 Å². The normalized spacial score (nSPS) is 26.2. The van der Waals surface area contributed by atoms with Crippen molar-refractivity contribution >= 4 is 23.4 Å². The number of aliphatic hydroxyl groups is 4. The topological polar surface area (TPSA) is 170 Å². The number of hydrogen-bond acceptors (Lipinski definition) is 10. The lowest BCUT2D eigenvalue weighted by Crippen LogP contribution is -2.70. The summed E-state index contributed by atoms with van der Waals surface area (Å²) >= 11 is 6.54. The lowest BCUT2D eigenvalue weighted by molar-refractivity contribution is -0.348. The summed E-state index contributed by atoms with van der Waals surface area (Å²) in [6.45, 7) is 7.24. The van der Waals surface area contributed by atoms with Crippen molar-refractivity contribution in [2.45, 2.75) is 81.4 Å². The van der Waals surface area contributed by atoms with Gasteiger partial charge < -0.3 is 50.2 Å². The van der Waals surface area contributed by atoms with Gasteiger partial charge in [-0.25, -0.2) is 0 Å². The molecule has 5 atom stereocenters. The second kappa shape index (κ2) is 13.7. The van der Waals surface area contributed by atoms with Crippen LogP contribution in [0.3, 0.4) is 0 Å². The van der Waals surface area contributed by atoms with Gasteiger partial charge in [-0.2, -0.15) is 0 Å². The molecule has 0 unspecified atom stereocenters. The molecule has 254 valence electrons. The Kier molecular flexibility index (Phi) is 10.8. The van der Waals surface area contributed by atoms with Crippen LogP contribution < -0.4 is 15.4 Å². The van der Waals surface area contributed by atoms with E-state index in [1.807, 2.05) is 31.1 Å². The SMILES string of the molecule is CN(C)CCNC(=O)C(C)(C)NC(=O)CCOc1ccc(Cc2cc([C@]34OC[C@](C(C)(C)O)(O3)[C@@H](O)[C@H](O)[C@H]4O)ccc2Cl)cc1. The molecule has 2 aromatic rings. The van der Waals surface area contributed by atoms with Crippen molar-refractivity contribution in [1.29, 1.82) is 0 Å². The first-order chi connectivity index (χ1) is 21.4. The van der Waals surface area contributed by atoms with Crippen molar-refractivity contribution in [3.05, 3.63) is 64.2 Å². The van der Waals surface area contributed by atoms with Gasteiger partial charge in [0.15, 0.2) is 5.60 Å². The maximum absolute atomic E-state index is 12.5. The number of nitrogens with zero attached hydrogens (tertiary/aromatic N) is 1. The Morgan fingerprint density at radius 1 is 1.07 bits per heavy atom. The number of amides is 2. The zero-order valence-electron chi connectivity index (χ0n) is 27.2. The summed E-state index contributed by atoms with van der Waals surface area (Å²) in [6, 6.07) is 12.2. The van der Waals surface area contributed by atoms with Crippen molar-refractivity contribution < 1.29 is 44.2 Å². The molecule has 0 saturated carbocycles. The third kappa shape index (κ3) is 7.34. The molecular weight excluding hydrogens is 618 g/mol. The molecule has 2 heterocycles. The summed E-state index contributed by atoms with van der Waals surface area (Å²) in [4.78, 5) is 26.9. The fourth-order valence-corrected chi connectivity index (χ4v) is 5.86. The molecule has 4 rings (SSSR count). The number of ether oxygens (including phenoxy) is 3. The van der Waals surface area contributed by atoms with Crippen LogP contribution in [0.5, 0.6) is 5.75 Å². The molecule has 12 nitrogen and oxygen atoms in total. The van der Waals surface area contributed by atoms with Gasteiger partial charge in [-0.1, -0.05) is 29.8 Å². The molecule has 2 aromatic carbocycles. The van der Waals surface area contributed by atoms with E-state index in [2.05, 4.69) is 10.6 Å². The number of rotatable bonds is 13. The third-order valence-corrected chi connectivity index (χ3v) is 8.98. The average molecular weight is 664 g/mol. The minimum Gasteiger partial charge on any atom is -0.493 e. The highest BCUT2D eigenvalue weighted by Gasteiger charge is 2.71. The van der Waals surface area contributed by atoms with Crippen LogP contribution >= 0.6 is 11.6 Å². The Bertz CT molecular complexity index is 1400. The summed E-state index contributed by atoms with van der Waals surface area (Å²) in [6.07, 6.45) is -4.39. The predicted molar refractivity (Wildman–Crippen MR) is 170 cm³/mol. The van der Waals surface area contributed by atoms with Crippen molar-refractivity contribution in [2.24, 2.45) is 0 Å². The molecule has 2 fully saturated rings. The summed E-state index contributed by atoms with van der Waals surface area (Å²) < 4.78 is 17.9. The Morgan fingerprint density at radius 3 is 2.37 bits per heavy atom. The van der Waals surface area contributed by atoms with Gasteiger partial charge in [-0.15, -0.1) is 0 Å². The smallest absolute Gasteiger partial charge is 0.245 e. The Balaban J connectivity index is 1.36. The minimum absolute atomic E-state index is 0.0662. The monoisotopic (exact) mass is 663 g/mol. The average Bonchev–Trinajstić information content (AvgIpc) is 3.38. The zero-order valence-corrected chi connectivity index (χ0v) is 27.9. The number of nitrogens with one attached hydrogen (secondary N) is 2. The molecule has 0 aliphatic carbocycles. The lowest BCUT2D eigenvalue weighted by atomic mass is 9.75. The highest BCUT2D eigenvalue weighted by atomic mass is 35.5. The molecule has 6 N–H and O–H groups in total. The van der Waals surface area contributed by atoms with E-state index in [9.17, 15) is 30.0 Å². The summed E-state index contributed by atoms with van der Waals surface area (Å²) in [5.41, 5.74) is -2.37. The zero-order chi connectivity index (χ0) is 34.1. The molecule has 2 aliphatic heterocycles. The van der Waals surface area contributed by atoms with Crippen LogP contribution in [0.25, 0.3) is 0 Å². The highest BCUT2D eigenvalue weighted by molar-refractivity contribution is 6.31. The number of benzene rings is 2. The van der Waals surface area contributed by atoms with Crippen LogP contribution in [-0.2, 0) is 31.3 Å². The van der Waals surface area contributed by atoms with E-state index in [1.54, 1.807) is 44.2 Å². The number of carbonyl (C=O) groups excluding carboxylic acids is 2. The van der Waals surface area contributed by atoms with Gasteiger partial charge in [-0.05, 0) is 83.6 Å².